The number of rotatable bonds is 6. The molecule has 1 aliphatic rings. The van der Waals surface area contributed by atoms with Crippen molar-refractivity contribution in [2.45, 2.75) is 20.0 Å². The number of H-pyrrole nitrogens is 1. The molecule has 1 fully saturated rings. The van der Waals surface area contributed by atoms with Crippen LogP contribution in [0.2, 0.25) is 0 Å². The van der Waals surface area contributed by atoms with Crippen LogP contribution in [-0.2, 0) is 13.1 Å². The highest BCUT2D eigenvalue weighted by molar-refractivity contribution is 5.26. The van der Waals surface area contributed by atoms with Gasteiger partial charge in [-0.2, -0.15) is 0 Å². The molecule has 1 aromatic heterocycles. The average molecular weight is 314 g/mol. The quantitative estimate of drug-likeness (QED) is 0.732. The molecule has 3 rings (SSSR count). The molecule has 0 bridgehead atoms. The van der Waals surface area contributed by atoms with Gasteiger partial charge in [-0.05, 0) is 37.3 Å². The second kappa shape index (κ2) is 8.09. The third-order valence-corrected chi connectivity index (χ3v) is 4.57. The van der Waals surface area contributed by atoms with Crippen LogP contribution in [0.3, 0.4) is 0 Å². The second-order valence-electron chi connectivity index (χ2n) is 6.32. The van der Waals surface area contributed by atoms with Gasteiger partial charge in [-0.3, -0.25) is 0 Å². The summed E-state index contributed by atoms with van der Waals surface area (Å²) in [5.74, 6) is 0.972. The maximum Gasteiger partial charge on any atom is 0.234 e. The molecule has 0 unspecified atom stereocenters. The van der Waals surface area contributed by atoms with Gasteiger partial charge in [-0.15, -0.1) is 0 Å². The van der Waals surface area contributed by atoms with Gasteiger partial charge in [0.15, 0.2) is 12.7 Å². The van der Waals surface area contributed by atoms with Gasteiger partial charge in [0.1, 0.15) is 38.5 Å². The third kappa shape index (κ3) is 4.78. The van der Waals surface area contributed by atoms with Crippen molar-refractivity contribution < 1.29 is 19.5 Å². The number of aromatic amines is 1. The SMILES string of the molecule is CCOc1ccc(C[NH+]2CC[NH+](Cc3cccc[nH+]3)CC2)cc1. The maximum atomic E-state index is 5.51. The number of ether oxygens (including phenoxy) is 1. The van der Waals surface area contributed by atoms with Gasteiger partial charge in [-0.25, -0.2) is 4.98 Å². The Bertz CT molecular complexity index is 577. The van der Waals surface area contributed by atoms with E-state index in [1.54, 1.807) is 9.80 Å². The first-order valence-electron chi connectivity index (χ1n) is 8.68. The van der Waals surface area contributed by atoms with Gasteiger partial charge in [0.05, 0.1) is 6.61 Å². The zero-order valence-electron chi connectivity index (χ0n) is 14.0. The Morgan fingerprint density at radius 1 is 0.913 bits per heavy atom. The highest BCUT2D eigenvalue weighted by Crippen LogP contribution is 2.11. The van der Waals surface area contributed by atoms with E-state index in [2.05, 4.69) is 41.4 Å². The number of piperazine rings is 1. The second-order valence-corrected chi connectivity index (χ2v) is 6.32. The minimum Gasteiger partial charge on any atom is -0.494 e. The number of quaternary nitrogens is 2. The Hall–Kier alpha value is -1.91. The van der Waals surface area contributed by atoms with E-state index in [1.165, 1.54) is 37.4 Å². The molecule has 23 heavy (non-hydrogen) atoms. The third-order valence-electron chi connectivity index (χ3n) is 4.57. The van der Waals surface area contributed by atoms with E-state index >= 15 is 0 Å². The Morgan fingerprint density at radius 2 is 1.61 bits per heavy atom. The van der Waals surface area contributed by atoms with E-state index in [4.69, 9.17) is 4.74 Å². The predicted octanol–water partition coefficient (Wildman–Crippen LogP) is -0.617. The van der Waals surface area contributed by atoms with Gasteiger partial charge in [0.25, 0.3) is 0 Å². The Morgan fingerprint density at radius 3 is 2.22 bits per heavy atom. The monoisotopic (exact) mass is 314 g/mol. The molecule has 3 N–H and O–H groups in total. The van der Waals surface area contributed by atoms with Crippen molar-refractivity contribution in [3.63, 3.8) is 0 Å². The predicted molar refractivity (Wildman–Crippen MR) is 89.4 cm³/mol. The average Bonchev–Trinajstić information content (AvgIpc) is 2.60. The van der Waals surface area contributed by atoms with Crippen LogP contribution >= 0.6 is 0 Å². The summed E-state index contributed by atoms with van der Waals surface area (Å²) in [6.07, 6.45) is 2.02. The minimum atomic E-state index is 0.730. The Labute approximate surface area is 138 Å². The molecule has 1 aliphatic heterocycles. The number of hydrogen-bond acceptors (Lipinski definition) is 1. The molecule has 2 heterocycles. The van der Waals surface area contributed by atoms with Gasteiger partial charge in [-0.1, -0.05) is 0 Å². The molecular weight excluding hydrogens is 286 g/mol. The minimum absolute atomic E-state index is 0.730. The summed E-state index contributed by atoms with van der Waals surface area (Å²) in [5.41, 5.74) is 2.74. The number of pyridine rings is 1. The van der Waals surface area contributed by atoms with E-state index in [1.807, 2.05) is 19.2 Å². The highest BCUT2D eigenvalue weighted by Gasteiger charge is 2.24. The van der Waals surface area contributed by atoms with Crippen LogP contribution in [0.4, 0.5) is 0 Å². The summed E-state index contributed by atoms with van der Waals surface area (Å²) in [6.45, 7) is 9.96. The summed E-state index contributed by atoms with van der Waals surface area (Å²) in [5, 5.41) is 0. The van der Waals surface area contributed by atoms with E-state index in [-0.39, 0.29) is 0 Å². The van der Waals surface area contributed by atoms with Crippen LogP contribution in [0.25, 0.3) is 0 Å². The van der Waals surface area contributed by atoms with Crippen molar-refractivity contribution in [2.24, 2.45) is 0 Å². The highest BCUT2D eigenvalue weighted by atomic mass is 16.5. The zero-order valence-corrected chi connectivity index (χ0v) is 14.0. The van der Waals surface area contributed by atoms with Crippen LogP contribution in [0.1, 0.15) is 18.2 Å². The lowest BCUT2D eigenvalue weighted by atomic mass is 10.2. The fourth-order valence-electron chi connectivity index (χ4n) is 3.28. The molecule has 0 aliphatic carbocycles. The molecule has 1 aromatic carbocycles. The number of benzene rings is 1. The fraction of sp³-hybridized carbons (Fsp3) is 0.421. The van der Waals surface area contributed by atoms with Crippen LogP contribution in [-0.4, -0.2) is 32.8 Å². The van der Waals surface area contributed by atoms with E-state index in [0.717, 1.165) is 25.4 Å². The van der Waals surface area contributed by atoms with E-state index in [0.29, 0.717) is 0 Å². The molecule has 0 amide bonds. The molecular formula is C19H28N3O+3. The van der Waals surface area contributed by atoms with Crippen LogP contribution in [0, 0.1) is 0 Å². The molecule has 1 saturated heterocycles. The van der Waals surface area contributed by atoms with Crippen LogP contribution in [0.5, 0.6) is 5.75 Å². The summed E-state index contributed by atoms with van der Waals surface area (Å²) >= 11 is 0. The van der Waals surface area contributed by atoms with Gasteiger partial charge in [0, 0.05) is 17.7 Å². The number of nitrogens with one attached hydrogen (secondary N) is 3. The van der Waals surface area contributed by atoms with Crippen molar-refractivity contribution in [1.82, 2.24) is 0 Å². The van der Waals surface area contributed by atoms with Crippen molar-refractivity contribution in [3.05, 3.63) is 59.9 Å². The largest absolute Gasteiger partial charge is 0.494 e. The van der Waals surface area contributed by atoms with Crippen LogP contribution < -0.4 is 19.5 Å². The number of hydrogen-bond donors (Lipinski definition) is 2. The molecule has 4 nitrogen and oxygen atoms in total. The molecule has 2 aromatic rings. The smallest absolute Gasteiger partial charge is 0.234 e. The molecule has 0 atom stereocenters. The lowest BCUT2D eigenvalue weighted by Gasteiger charge is -2.29. The zero-order chi connectivity index (χ0) is 15.9. The Balaban J connectivity index is 1.45. The Kier molecular flexibility index (Phi) is 5.61. The first-order chi connectivity index (χ1) is 11.3. The molecule has 122 valence electrons. The van der Waals surface area contributed by atoms with Crippen molar-refractivity contribution in [3.8, 4) is 5.75 Å². The summed E-state index contributed by atoms with van der Waals surface area (Å²) in [4.78, 5) is 6.72. The van der Waals surface area contributed by atoms with Gasteiger partial charge in [0.2, 0.25) is 5.69 Å². The number of aromatic nitrogens is 1. The lowest BCUT2D eigenvalue weighted by molar-refractivity contribution is -1.03. The maximum absolute atomic E-state index is 5.51. The van der Waals surface area contributed by atoms with Crippen molar-refractivity contribution in [2.75, 3.05) is 32.8 Å². The molecule has 4 heteroatoms. The lowest BCUT2D eigenvalue weighted by Crippen LogP contribution is -3.27. The normalized spacial score (nSPS) is 21.1. The summed E-state index contributed by atoms with van der Waals surface area (Å²) < 4.78 is 5.51. The first-order valence-corrected chi connectivity index (χ1v) is 8.68. The fourth-order valence-corrected chi connectivity index (χ4v) is 3.28. The van der Waals surface area contributed by atoms with Crippen molar-refractivity contribution in [1.29, 1.82) is 0 Å². The first kappa shape index (κ1) is 16.0. The van der Waals surface area contributed by atoms with Gasteiger partial charge >= 0.3 is 0 Å². The van der Waals surface area contributed by atoms with Crippen LogP contribution in [0.15, 0.2) is 48.7 Å². The summed E-state index contributed by atoms with van der Waals surface area (Å²) in [6, 6.07) is 14.9. The topological polar surface area (TPSA) is 32.2 Å². The van der Waals surface area contributed by atoms with E-state index in [9.17, 15) is 0 Å². The van der Waals surface area contributed by atoms with Crippen molar-refractivity contribution >= 4 is 0 Å². The molecule has 0 spiro atoms. The summed E-state index contributed by atoms with van der Waals surface area (Å²) in [7, 11) is 0. The van der Waals surface area contributed by atoms with E-state index < -0.39 is 0 Å². The molecule has 0 radical (unpaired) electrons. The standard InChI is InChI=1S/C19H25N3O/c1-2-23-19-8-6-17(7-9-19)15-21-11-13-22(14-12-21)16-18-5-3-4-10-20-18/h3-10H,2,11-16H2,1H3/p+3. The van der Waals surface area contributed by atoms with Gasteiger partial charge < -0.3 is 14.5 Å². The molecule has 0 saturated carbocycles.